The highest BCUT2D eigenvalue weighted by Crippen LogP contribution is 2.28. The van der Waals surface area contributed by atoms with Crippen molar-refractivity contribution in [3.05, 3.63) is 42.0 Å². The molecule has 4 heteroatoms. The van der Waals surface area contributed by atoms with E-state index in [1.54, 1.807) is 0 Å². The van der Waals surface area contributed by atoms with E-state index in [-0.39, 0.29) is 0 Å². The average Bonchev–Trinajstić information content (AvgIpc) is 3.18. The molecule has 2 heterocycles. The molecule has 3 rings (SSSR count). The zero-order valence-corrected chi connectivity index (χ0v) is 12.3. The summed E-state index contributed by atoms with van der Waals surface area (Å²) in [4.78, 5) is 0. The molecule has 1 aliphatic rings. The fraction of sp³-hybridized carbons (Fsp3) is 0.562. The molecule has 4 nitrogen and oxygen atoms in total. The first-order chi connectivity index (χ1) is 9.86. The number of hydrogen-bond acceptors (Lipinski definition) is 2. The second-order valence-corrected chi connectivity index (χ2v) is 5.63. The SMILES string of the molecule is CCNCc1cccn1Cc1ccn(C2CCCC2)n1. The topological polar surface area (TPSA) is 34.8 Å². The van der Waals surface area contributed by atoms with Crippen molar-refractivity contribution in [2.24, 2.45) is 0 Å². The first-order valence-corrected chi connectivity index (χ1v) is 7.75. The summed E-state index contributed by atoms with van der Waals surface area (Å²) in [5.41, 5.74) is 2.48. The van der Waals surface area contributed by atoms with Crippen molar-refractivity contribution in [3.8, 4) is 0 Å². The van der Waals surface area contributed by atoms with Gasteiger partial charge in [0.25, 0.3) is 0 Å². The van der Waals surface area contributed by atoms with Gasteiger partial charge in [0.2, 0.25) is 0 Å². The summed E-state index contributed by atoms with van der Waals surface area (Å²) in [6, 6.07) is 7.08. The smallest absolute Gasteiger partial charge is 0.0821 e. The maximum atomic E-state index is 4.76. The lowest BCUT2D eigenvalue weighted by Crippen LogP contribution is -2.15. The van der Waals surface area contributed by atoms with Gasteiger partial charge >= 0.3 is 0 Å². The quantitative estimate of drug-likeness (QED) is 0.877. The van der Waals surface area contributed by atoms with E-state index in [0.29, 0.717) is 6.04 Å². The number of aromatic nitrogens is 3. The highest BCUT2D eigenvalue weighted by Gasteiger charge is 2.17. The minimum Gasteiger partial charge on any atom is -0.344 e. The molecule has 2 aromatic heterocycles. The Kier molecular flexibility index (Phi) is 4.21. The van der Waals surface area contributed by atoms with Crippen LogP contribution in [0.15, 0.2) is 30.6 Å². The van der Waals surface area contributed by atoms with E-state index in [4.69, 9.17) is 5.10 Å². The second kappa shape index (κ2) is 6.27. The molecule has 0 radical (unpaired) electrons. The largest absolute Gasteiger partial charge is 0.344 e. The Morgan fingerprint density at radius 1 is 1.25 bits per heavy atom. The van der Waals surface area contributed by atoms with Crippen LogP contribution in [0, 0.1) is 0 Å². The predicted octanol–water partition coefficient (Wildman–Crippen LogP) is 2.96. The number of rotatable bonds is 6. The van der Waals surface area contributed by atoms with Crippen molar-refractivity contribution >= 4 is 0 Å². The molecule has 0 aliphatic heterocycles. The van der Waals surface area contributed by atoms with Crippen molar-refractivity contribution in [1.82, 2.24) is 19.7 Å². The van der Waals surface area contributed by atoms with Crippen molar-refractivity contribution in [2.45, 2.75) is 51.7 Å². The molecule has 0 saturated heterocycles. The third-order valence-electron chi connectivity index (χ3n) is 4.17. The minimum absolute atomic E-state index is 0.634. The lowest BCUT2D eigenvalue weighted by Gasteiger charge is -2.10. The molecule has 0 amide bonds. The van der Waals surface area contributed by atoms with E-state index in [2.05, 4.69) is 52.1 Å². The molecule has 1 N–H and O–H groups in total. The van der Waals surface area contributed by atoms with Crippen LogP contribution in [0.1, 0.15) is 50.0 Å². The van der Waals surface area contributed by atoms with Gasteiger partial charge < -0.3 is 9.88 Å². The summed E-state index contributed by atoms with van der Waals surface area (Å²) in [6.45, 7) is 4.93. The van der Waals surface area contributed by atoms with Crippen LogP contribution < -0.4 is 5.32 Å². The standard InChI is InChI=1S/C16H24N4/c1-2-17-12-16-8-5-10-19(16)13-14-9-11-20(18-14)15-6-3-4-7-15/h5,8-11,15,17H,2-4,6-7,12-13H2,1H3. The number of nitrogens with zero attached hydrogens (tertiary/aromatic N) is 3. The molecule has 0 unspecified atom stereocenters. The van der Waals surface area contributed by atoms with Gasteiger partial charge in [-0.3, -0.25) is 4.68 Å². The molecule has 1 aliphatic carbocycles. The molecule has 1 fully saturated rings. The van der Waals surface area contributed by atoms with Gasteiger partial charge in [0.15, 0.2) is 0 Å². The summed E-state index contributed by atoms with van der Waals surface area (Å²) in [5, 5.41) is 8.14. The molecular weight excluding hydrogens is 248 g/mol. The van der Waals surface area contributed by atoms with E-state index in [9.17, 15) is 0 Å². The van der Waals surface area contributed by atoms with Gasteiger partial charge in [-0.15, -0.1) is 0 Å². The number of hydrogen-bond donors (Lipinski definition) is 1. The van der Waals surface area contributed by atoms with Crippen molar-refractivity contribution < 1.29 is 0 Å². The third kappa shape index (κ3) is 2.96. The molecule has 0 atom stereocenters. The van der Waals surface area contributed by atoms with Crippen LogP contribution in [0.4, 0.5) is 0 Å². The molecule has 20 heavy (non-hydrogen) atoms. The lowest BCUT2D eigenvalue weighted by atomic mass is 10.3. The van der Waals surface area contributed by atoms with E-state index in [1.165, 1.54) is 31.4 Å². The molecule has 1 saturated carbocycles. The number of nitrogens with one attached hydrogen (secondary N) is 1. The fourth-order valence-electron chi connectivity index (χ4n) is 3.03. The van der Waals surface area contributed by atoms with Crippen LogP contribution in [0.25, 0.3) is 0 Å². The van der Waals surface area contributed by atoms with E-state index in [1.807, 2.05) is 0 Å². The van der Waals surface area contributed by atoms with Gasteiger partial charge in [0.1, 0.15) is 0 Å². The van der Waals surface area contributed by atoms with Crippen LogP contribution in [0.5, 0.6) is 0 Å². The molecule has 0 spiro atoms. The van der Waals surface area contributed by atoms with Crippen LogP contribution >= 0.6 is 0 Å². The molecule has 0 bridgehead atoms. The summed E-state index contributed by atoms with van der Waals surface area (Å²) >= 11 is 0. The van der Waals surface area contributed by atoms with Crippen LogP contribution in [0.3, 0.4) is 0 Å². The molecule has 2 aromatic rings. The predicted molar refractivity (Wildman–Crippen MR) is 80.6 cm³/mol. The van der Waals surface area contributed by atoms with Gasteiger partial charge in [-0.05, 0) is 37.6 Å². The Labute approximate surface area is 120 Å². The molecule has 0 aromatic carbocycles. The zero-order chi connectivity index (χ0) is 13.8. The van der Waals surface area contributed by atoms with E-state index in [0.717, 1.165) is 25.3 Å². The maximum absolute atomic E-state index is 4.76. The van der Waals surface area contributed by atoms with Crippen LogP contribution in [-0.2, 0) is 13.1 Å². The summed E-state index contributed by atoms with van der Waals surface area (Å²) < 4.78 is 4.46. The summed E-state index contributed by atoms with van der Waals surface area (Å²) in [6.07, 6.45) is 9.57. The first-order valence-electron chi connectivity index (χ1n) is 7.75. The van der Waals surface area contributed by atoms with Crippen molar-refractivity contribution in [3.63, 3.8) is 0 Å². The first kappa shape index (κ1) is 13.4. The van der Waals surface area contributed by atoms with Gasteiger partial charge in [-0.2, -0.15) is 5.10 Å². The Morgan fingerprint density at radius 3 is 2.90 bits per heavy atom. The van der Waals surface area contributed by atoms with Gasteiger partial charge in [-0.25, -0.2) is 0 Å². The van der Waals surface area contributed by atoms with Gasteiger partial charge in [0.05, 0.1) is 18.3 Å². The normalized spacial score (nSPS) is 16.1. The second-order valence-electron chi connectivity index (χ2n) is 5.63. The monoisotopic (exact) mass is 272 g/mol. The highest BCUT2D eigenvalue weighted by atomic mass is 15.3. The molecule has 108 valence electrons. The zero-order valence-electron chi connectivity index (χ0n) is 12.3. The molecular formula is C16H24N4. The lowest BCUT2D eigenvalue weighted by molar-refractivity contribution is 0.461. The Hall–Kier alpha value is -1.55. The van der Waals surface area contributed by atoms with Crippen LogP contribution in [0.2, 0.25) is 0 Å². The summed E-state index contributed by atoms with van der Waals surface area (Å²) in [5.74, 6) is 0. The van der Waals surface area contributed by atoms with Gasteiger partial charge in [0, 0.05) is 24.6 Å². The Morgan fingerprint density at radius 2 is 2.10 bits per heavy atom. The Bertz CT molecular complexity index is 534. The third-order valence-corrected chi connectivity index (χ3v) is 4.17. The van der Waals surface area contributed by atoms with E-state index < -0.39 is 0 Å². The minimum atomic E-state index is 0.634. The highest BCUT2D eigenvalue weighted by molar-refractivity contribution is 5.11. The van der Waals surface area contributed by atoms with E-state index >= 15 is 0 Å². The average molecular weight is 272 g/mol. The van der Waals surface area contributed by atoms with Crippen molar-refractivity contribution in [2.75, 3.05) is 6.54 Å². The van der Waals surface area contributed by atoms with Gasteiger partial charge in [-0.1, -0.05) is 19.8 Å². The fourth-order valence-corrected chi connectivity index (χ4v) is 3.03. The summed E-state index contributed by atoms with van der Waals surface area (Å²) in [7, 11) is 0. The maximum Gasteiger partial charge on any atom is 0.0821 e. The Balaban J connectivity index is 1.67. The van der Waals surface area contributed by atoms with Crippen molar-refractivity contribution in [1.29, 1.82) is 0 Å². The van der Waals surface area contributed by atoms with Crippen LogP contribution in [-0.4, -0.2) is 20.9 Å².